The molecule has 1 aliphatic rings. The van der Waals surface area contributed by atoms with E-state index in [4.69, 9.17) is 9.47 Å². The average Bonchev–Trinajstić information content (AvgIpc) is 3.21. The van der Waals surface area contributed by atoms with E-state index in [0.717, 1.165) is 4.90 Å². The maximum absolute atomic E-state index is 14.7. The van der Waals surface area contributed by atoms with E-state index in [1.165, 1.54) is 32.4 Å². The second kappa shape index (κ2) is 9.96. The summed E-state index contributed by atoms with van der Waals surface area (Å²) in [6, 6.07) is 19.7. The van der Waals surface area contributed by atoms with Gasteiger partial charge in [0, 0.05) is 11.1 Å². The van der Waals surface area contributed by atoms with Crippen molar-refractivity contribution in [2.75, 3.05) is 14.2 Å². The first kappa shape index (κ1) is 25.7. The summed E-state index contributed by atoms with van der Waals surface area (Å²) in [7, 11) is 2.71. The standard InChI is InChI=1S/C27H24F3N3O4/c1-17(18-10-6-4-7-11-18)33-23(19-12-8-5-9-13-19)31-26(25(33)35,27(28,29)30)32-24(34)20-14-15-21(36-2)22(16-20)37-3/h4-17H,1-3H3,(H,32,34). The third-order valence-electron chi connectivity index (χ3n) is 6.08. The Balaban J connectivity index is 1.83. The van der Waals surface area contributed by atoms with Gasteiger partial charge in [-0.1, -0.05) is 60.7 Å². The van der Waals surface area contributed by atoms with Gasteiger partial charge in [-0.3, -0.25) is 14.5 Å². The molecule has 1 aliphatic heterocycles. The highest BCUT2D eigenvalue weighted by Gasteiger charge is 2.67. The van der Waals surface area contributed by atoms with Crippen molar-refractivity contribution in [1.29, 1.82) is 0 Å². The number of rotatable bonds is 7. The van der Waals surface area contributed by atoms with Crippen LogP contribution in [0.3, 0.4) is 0 Å². The maximum atomic E-state index is 14.7. The summed E-state index contributed by atoms with van der Waals surface area (Å²) in [5.41, 5.74) is -2.81. The number of hydrogen-bond acceptors (Lipinski definition) is 5. The fourth-order valence-corrected chi connectivity index (χ4v) is 4.11. The number of amides is 2. The predicted molar refractivity (Wildman–Crippen MR) is 130 cm³/mol. The molecule has 37 heavy (non-hydrogen) atoms. The molecule has 3 aromatic rings. The van der Waals surface area contributed by atoms with Gasteiger partial charge in [-0.2, -0.15) is 13.2 Å². The molecule has 1 N–H and O–H groups in total. The molecule has 7 nitrogen and oxygen atoms in total. The Bertz CT molecular complexity index is 1330. The van der Waals surface area contributed by atoms with Crippen molar-refractivity contribution in [3.05, 3.63) is 95.6 Å². The van der Waals surface area contributed by atoms with Gasteiger partial charge in [0.15, 0.2) is 11.5 Å². The Kier molecular flexibility index (Phi) is 6.93. The van der Waals surface area contributed by atoms with Crippen LogP contribution in [-0.4, -0.2) is 48.6 Å². The molecule has 10 heteroatoms. The highest BCUT2D eigenvalue weighted by molar-refractivity contribution is 6.17. The minimum Gasteiger partial charge on any atom is -0.493 e. The van der Waals surface area contributed by atoms with Gasteiger partial charge in [0.05, 0.1) is 20.3 Å². The molecule has 0 fully saturated rings. The monoisotopic (exact) mass is 511 g/mol. The lowest BCUT2D eigenvalue weighted by Gasteiger charge is -2.31. The largest absolute Gasteiger partial charge is 0.493 e. The molecule has 3 aromatic carbocycles. The van der Waals surface area contributed by atoms with Crippen LogP contribution in [0.4, 0.5) is 13.2 Å². The second-order valence-corrected chi connectivity index (χ2v) is 8.30. The number of nitrogens with one attached hydrogen (secondary N) is 1. The Morgan fingerprint density at radius 1 is 0.946 bits per heavy atom. The molecule has 0 bridgehead atoms. The molecule has 0 spiro atoms. The molecule has 0 aliphatic carbocycles. The van der Waals surface area contributed by atoms with E-state index in [-0.39, 0.29) is 22.9 Å². The lowest BCUT2D eigenvalue weighted by molar-refractivity contribution is -0.196. The fraction of sp³-hybridized carbons (Fsp3) is 0.222. The number of carbonyl (C=O) groups is 2. The number of halogens is 3. The molecule has 0 radical (unpaired) electrons. The zero-order valence-corrected chi connectivity index (χ0v) is 20.2. The van der Waals surface area contributed by atoms with Gasteiger partial charge in [-0.15, -0.1) is 0 Å². The third-order valence-corrected chi connectivity index (χ3v) is 6.08. The Morgan fingerprint density at radius 2 is 1.54 bits per heavy atom. The summed E-state index contributed by atoms with van der Waals surface area (Å²) in [5.74, 6) is -2.34. The lowest BCUT2D eigenvalue weighted by atomic mass is 10.0. The van der Waals surface area contributed by atoms with Crippen molar-refractivity contribution in [1.82, 2.24) is 10.2 Å². The first-order valence-corrected chi connectivity index (χ1v) is 11.3. The molecule has 0 saturated heterocycles. The van der Waals surface area contributed by atoms with Gasteiger partial charge in [0.25, 0.3) is 11.8 Å². The van der Waals surface area contributed by atoms with Crippen LogP contribution in [0.1, 0.15) is 34.5 Å². The van der Waals surface area contributed by atoms with Crippen LogP contribution in [0.2, 0.25) is 0 Å². The molecular weight excluding hydrogens is 487 g/mol. The quantitative estimate of drug-likeness (QED) is 0.497. The maximum Gasteiger partial charge on any atom is 0.442 e. The number of ether oxygens (including phenoxy) is 2. The van der Waals surface area contributed by atoms with Crippen molar-refractivity contribution < 1.29 is 32.2 Å². The van der Waals surface area contributed by atoms with Crippen LogP contribution in [0.5, 0.6) is 11.5 Å². The minimum absolute atomic E-state index is 0.141. The van der Waals surface area contributed by atoms with E-state index in [2.05, 4.69) is 4.99 Å². The molecule has 1 heterocycles. The highest BCUT2D eigenvalue weighted by Crippen LogP contribution is 2.41. The Morgan fingerprint density at radius 3 is 2.11 bits per heavy atom. The first-order valence-electron chi connectivity index (χ1n) is 11.3. The van der Waals surface area contributed by atoms with E-state index < -0.39 is 29.7 Å². The van der Waals surface area contributed by atoms with Gasteiger partial charge >= 0.3 is 11.8 Å². The normalized spacial score (nSPS) is 18.3. The molecule has 0 saturated carbocycles. The number of aliphatic imine (C=N–C) groups is 1. The van der Waals surface area contributed by atoms with Crippen LogP contribution in [-0.2, 0) is 4.79 Å². The highest BCUT2D eigenvalue weighted by atomic mass is 19.4. The third kappa shape index (κ3) is 4.62. The summed E-state index contributed by atoms with van der Waals surface area (Å²) in [4.78, 5) is 31.7. The predicted octanol–water partition coefficient (Wildman–Crippen LogP) is 4.74. The zero-order valence-electron chi connectivity index (χ0n) is 20.2. The molecule has 2 unspecified atom stereocenters. The van der Waals surface area contributed by atoms with Crippen LogP contribution in [0, 0.1) is 0 Å². The summed E-state index contributed by atoms with van der Waals surface area (Å²) >= 11 is 0. The SMILES string of the molecule is COc1ccc(C(=O)NC2(C(F)(F)F)N=C(c3ccccc3)N(C(C)c3ccccc3)C2=O)cc1OC. The molecule has 0 aromatic heterocycles. The molecule has 192 valence electrons. The summed E-state index contributed by atoms with van der Waals surface area (Å²) in [5, 5.41) is 1.88. The minimum atomic E-state index is -5.25. The number of amidine groups is 1. The van der Waals surface area contributed by atoms with Crippen LogP contribution >= 0.6 is 0 Å². The van der Waals surface area contributed by atoms with Crippen molar-refractivity contribution in [3.63, 3.8) is 0 Å². The van der Waals surface area contributed by atoms with Gasteiger partial charge in [0.1, 0.15) is 5.84 Å². The van der Waals surface area contributed by atoms with E-state index in [9.17, 15) is 22.8 Å². The van der Waals surface area contributed by atoms with Crippen LogP contribution in [0.15, 0.2) is 83.9 Å². The molecule has 4 rings (SSSR count). The van der Waals surface area contributed by atoms with Gasteiger partial charge in [0.2, 0.25) is 0 Å². The Labute approximate surface area is 211 Å². The number of benzene rings is 3. The van der Waals surface area contributed by atoms with Crippen molar-refractivity contribution in [3.8, 4) is 11.5 Å². The second-order valence-electron chi connectivity index (χ2n) is 8.30. The number of hydrogen-bond donors (Lipinski definition) is 1. The first-order chi connectivity index (χ1) is 17.6. The Hall–Kier alpha value is -4.34. The smallest absolute Gasteiger partial charge is 0.442 e. The summed E-state index contributed by atoms with van der Waals surface area (Å²) < 4.78 is 54.4. The summed E-state index contributed by atoms with van der Waals surface area (Å²) in [6.07, 6.45) is -5.25. The number of carbonyl (C=O) groups excluding carboxylic acids is 2. The van der Waals surface area contributed by atoms with Crippen molar-refractivity contribution in [2.24, 2.45) is 4.99 Å². The van der Waals surface area contributed by atoms with Gasteiger partial charge < -0.3 is 14.8 Å². The fourth-order valence-electron chi connectivity index (χ4n) is 4.11. The van der Waals surface area contributed by atoms with Gasteiger partial charge in [-0.05, 0) is 30.7 Å². The summed E-state index contributed by atoms with van der Waals surface area (Å²) in [6.45, 7) is 1.61. The van der Waals surface area contributed by atoms with E-state index >= 15 is 0 Å². The van der Waals surface area contributed by atoms with E-state index in [1.807, 2.05) is 5.32 Å². The van der Waals surface area contributed by atoms with Crippen molar-refractivity contribution >= 4 is 17.6 Å². The van der Waals surface area contributed by atoms with E-state index in [0.29, 0.717) is 11.1 Å². The van der Waals surface area contributed by atoms with Gasteiger partial charge in [-0.25, -0.2) is 4.99 Å². The number of methoxy groups -OCH3 is 2. The molecule has 2 amide bonds. The lowest BCUT2D eigenvalue weighted by Crippen LogP contribution is -2.63. The van der Waals surface area contributed by atoms with Crippen LogP contribution in [0.25, 0.3) is 0 Å². The average molecular weight is 512 g/mol. The van der Waals surface area contributed by atoms with E-state index in [1.54, 1.807) is 67.6 Å². The number of alkyl halides is 3. The van der Waals surface area contributed by atoms with Crippen LogP contribution < -0.4 is 14.8 Å². The zero-order chi connectivity index (χ0) is 26.8. The number of nitrogens with zero attached hydrogens (tertiary/aromatic N) is 2. The topological polar surface area (TPSA) is 80.2 Å². The molecular formula is C27H24F3N3O4. The van der Waals surface area contributed by atoms with Crippen molar-refractivity contribution in [2.45, 2.75) is 24.8 Å². The molecule has 2 atom stereocenters.